The normalized spacial score (nSPS) is 14.3. The summed E-state index contributed by atoms with van der Waals surface area (Å²) in [6.45, 7) is 10.4. The quantitative estimate of drug-likeness (QED) is 0.480. The summed E-state index contributed by atoms with van der Waals surface area (Å²) < 4.78 is 0. The van der Waals surface area contributed by atoms with Gasteiger partial charge in [0, 0.05) is 6.61 Å². The molecule has 1 nitrogen and oxygen atoms in total. The molecule has 2 aliphatic rings. The molecule has 0 bridgehead atoms. The van der Waals surface area contributed by atoms with Gasteiger partial charge in [-0.15, -0.1) is 26.7 Å². The molecular weight excluding hydrogens is 370 g/mol. The minimum atomic E-state index is 0. The third-order valence-electron chi connectivity index (χ3n) is 2.73. The van der Waals surface area contributed by atoms with Crippen molar-refractivity contribution in [2.24, 2.45) is 0 Å². The molecule has 0 unspecified atom stereocenters. The van der Waals surface area contributed by atoms with Crippen LogP contribution in [0.1, 0.15) is 47.5 Å². The summed E-state index contributed by atoms with van der Waals surface area (Å²) in [6.07, 6.45) is 12.8. The van der Waals surface area contributed by atoms with E-state index in [0.717, 1.165) is 12.8 Å². The van der Waals surface area contributed by atoms with E-state index in [1.54, 1.807) is 6.92 Å². The molecule has 2 rings (SSSR count). The molecule has 1 N–H and O–H groups in total. The van der Waals surface area contributed by atoms with Gasteiger partial charge in [-0.05, 0) is 6.92 Å². The largest absolute Gasteiger partial charge is 4.00 e. The first-order valence-electron chi connectivity index (χ1n) is 6.12. The van der Waals surface area contributed by atoms with Crippen LogP contribution < -0.4 is 24.8 Å². The van der Waals surface area contributed by atoms with Crippen LogP contribution in [0.15, 0.2) is 34.4 Å². The minimum absolute atomic E-state index is 0. The zero-order valence-electron chi connectivity index (χ0n) is 13.0. The fraction of sp³-hybridized carbons (Fsp3) is 0.500. The summed E-state index contributed by atoms with van der Waals surface area (Å²) in [5.74, 6) is 0. The summed E-state index contributed by atoms with van der Waals surface area (Å²) in [5, 5.41) is 7.57. The Morgan fingerprint density at radius 3 is 1.20 bits per heavy atom. The van der Waals surface area contributed by atoms with E-state index in [-0.39, 0.29) is 57.6 Å². The Morgan fingerprint density at radius 2 is 1.15 bits per heavy atom. The first-order valence-corrected chi connectivity index (χ1v) is 6.12. The van der Waals surface area contributed by atoms with Crippen molar-refractivity contribution in [1.29, 1.82) is 0 Å². The molecule has 4 heteroatoms. The second-order valence-electron chi connectivity index (χ2n) is 4.10. The van der Waals surface area contributed by atoms with E-state index in [2.05, 4.69) is 52.0 Å². The number of aliphatic hydroxyl groups excluding tert-OH is 1. The molecule has 0 fully saturated rings. The van der Waals surface area contributed by atoms with Crippen LogP contribution in [-0.4, -0.2) is 11.7 Å². The smallest absolute Gasteiger partial charge is 1.00 e. The van der Waals surface area contributed by atoms with Gasteiger partial charge in [0.25, 0.3) is 0 Å². The fourth-order valence-electron chi connectivity index (χ4n) is 1.30. The minimum Gasteiger partial charge on any atom is -1.00 e. The van der Waals surface area contributed by atoms with Crippen molar-refractivity contribution in [3.05, 3.63) is 46.6 Å². The molecule has 0 amide bonds. The Kier molecular flexibility index (Phi) is 24.9. The number of allylic oxidation sites excluding steroid dienone is 8. The van der Waals surface area contributed by atoms with Gasteiger partial charge in [-0.3, -0.25) is 12.2 Å². The Hall–Kier alpha value is 0.383. The molecule has 0 atom stereocenters. The van der Waals surface area contributed by atoms with Crippen molar-refractivity contribution in [3.8, 4) is 0 Å². The van der Waals surface area contributed by atoms with Crippen molar-refractivity contribution in [2.75, 3.05) is 6.61 Å². The van der Waals surface area contributed by atoms with Gasteiger partial charge in [0.15, 0.2) is 0 Å². The first-order chi connectivity index (χ1) is 8.02. The molecule has 0 aromatic rings. The van der Waals surface area contributed by atoms with Gasteiger partial charge in [-0.2, -0.15) is 12.2 Å². The van der Waals surface area contributed by atoms with Gasteiger partial charge in [0.2, 0.25) is 0 Å². The van der Waals surface area contributed by atoms with Crippen LogP contribution in [0.4, 0.5) is 0 Å². The SMILES string of the molecule is CC1=[C-]CC=C1C.CC1=[C-]CC=C1C.CCO.[Cl-].[Cl-].[Zr+4]. The molecule has 0 aliphatic heterocycles. The Labute approximate surface area is 156 Å². The van der Waals surface area contributed by atoms with Crippen molar-refractivity contribution in [3.63, 3.8) is 0 Å². The maximum atomic E-state index is 7.57. The van der Waals surface area contributed by atoms with E-state index in [9.17, 15) is 0 Å². The van der Waals surface area contributed by atoms with Gasteiger partial charge in [0.05, 0.1) is 0 Å². The van der Waals surface area contributed by atoms with Crippen LogP contribution in [-0.2, 0) is 26.2 Å². The van der Waals surface area contributed by atoms with Crippen LogP contribution in [0.2, 0.25) is 0 Å². The van der Waals surface area contributed by atoms with E-state index in [0.29, 0.717) is 0 Å². The van der Waals surface area contributed by atoms with Gasteiger partial charge >= 0.3 is 26.2 Å². The van der Waals surface area contributed by atoms with E-state index in [4.69, 9.17) is 5.11 Å². The van der Waals surface area contributed by atoms with Crippen molar-refractivity contribution in [2.45, 2.75) is 47.5 Å². The molecule has 20 heavy (non-hydrogen) atoms. The van der Waals surface area contributed by atoms with Gasteiger partial charge < -0.3 is 29.9 Å². The molecule has 0 saturated carbocycles. The summed E-state index contributed by atoms with van der Waals surface area (Å²) >= 11 is 0. The maximum absolute atomic E-state index is 7.57. The Balaban J connectivity index is -0.0000000956. The molecule has 0 heterocycles. The summed E-state index contributed by atoms with van der Waals surface area (Å²) in [4.78, 5) is 0. The molecular formula is C16H24Cl2OZr. The van der Waals surface area contributed by atoms with E-state index in [1.807, 2.05) is 0 Å². The zero-order valence-corrected chi connectivity index (χ0v) is 16.9. The third kappa shape index (κ3) is 13.4. The van der Waals surface area contributed by atoms with Crippen molar-refractivity contribution in [1.82, 2.24) is 0 Å². The number of rotatable bonds is 0. The number of hydrogen-bond donors (Lipinski definition) is 1. The first kappa shape index (κ1) is 28.5. The molecule has 0 aromatic carbocycles. The molecule has 112 valence electrons. The number of hydrogen-bond acceptors (Lipinski definition) is 1. The van der Waals surface area contributed by atoms with E-state index >= 15 is 0 Å². The van der Waals surface area contributed by atoms with Crippen molar-refractivity contribution >= 4 is 0 Å². The average molecular weight is 394 g/mol. The third-order valence-corrected chi connectivity index (χ3v) is 2.73. The predicted octanol–water partition coefficient (Wildman–Crippen LogP) is -1.82. The Bertz CT molecular complexity index is 289. The van der Waals surface area contributed by atoms with Crippen LogP contribution in [0.3, 0.4) is 0 Å². The van der Waals surface area contributed by atoms with Crippen molar-refractivity contribution < 1.29 is 56.1 Å². The molecule has 2 aliphatic carbocycles. The van der Waals surface area contributed by atoms with E-state index in [1.165, 1.54) is 22.3 Å². The van der Waals surface area contributed by atoms with Gasteiger partial charge in [-0.25, -0.2) is 22.3 Å². The van der Waals surface area contributed by atoms with E-state index < -0.39 is 0 Å². The molecule has 0 saturated heterocycles. The topological polar surface area (TPSA) is 20.2 Å². The monoisotopic (exact) mass is 392 g/mol. The van der Waals surface area contributed by atoms with Crippen LogP contribution in [0.5, 0.6) is 0 Å². The molecule has 0 radical (unpaired) electrons. The second kappa shape index (κ2) is 17.4. The predicted molar refractivity (Wildman–Crippen MR) is 74.4 cm³/mol. The number of halogens is 2. The molecule has 0 aromatic heterocycles. The second-order valence-corrected chi connectivity index (χ2v) is 4.10. The summed E-state index contributed by atoms with van der Waals surface area (Å²) in [5.41, 5.74) is 5.42. The van der Waals surface area contributed by atoms with Crippen LogP contribution >= 0.6 is 0 Å². The Morgan fingerprint density at radius 1 is 0.900 bits per heavy atom. The standard InChI is InChI=1S/2C7H9.C2H6O.2ClH.Zr/c2*1-6-4-3-5-7(6)2;1-2-3;;;/h2*4H,3H2,1-2H3;3H,2H2,1H3;2*1H;/q2*-1;;;;+4/p-2. The maximum Gasteiger partial charge on any atom is 4.00 e. The van der Waals surface area contributed by atoms with Gasteiger partial charge in [0.1, 0.15) is 0 Å². The fourth-order valence-corrected chi connectivity index (χ4v) is 1.30. The van der Waals surface area contributed by atoms with Crippen LogP contribution in [0.25, 0.3) is 0 Å². The zero-order chi connectivity index (χ0) is 13.3. The van der Waals surface area contributed by atoms with Gasteiger partial charge in [-0.1, -0.05) is 13.8 Å². The summed E-state index contributed by atoms with van der Waals surface area (Å²) in [7, 11) is 0. The number of aliphatic hydroxyl groups is 1. The molecule has 0 spiro atoms. The van der Waals surface area contributed by atoms with Crippen LogP contribution in [0, 0.1) is 12.2 Å². The average Bonchev–Trinajstić information content (AvgIpc) is 2.81. The summed E-state index contributed by atoms with van der Waals surface area (Å²) in [6, 6.07) is 0.